The van der Waals surface area contributed by atoms with E-state index < -0.39 is 0 Å². The lowest BCUT2D eigenvalue weighted by Crippen LogP contribution is -2.39. The highest BCUT2D eigenvalue weighted by atomic mass is 35.5. The van der Waals surface area contributed by atoms with E-state index in [-0.39, 0.29) is 5.69 Å². The van der Waals surface area contributed by atoms with Crippen LogP contribution in [0.1, 0.15) is 44.9 Å². The molecule has 37 heavy (non-hydrogen) atoms. The summed E-state index contributed by atoms with van der Waals surface area (Å²) < 4.78 is 3.06. The predicted molar refractivity (Wildman–Crippen MR) is 149 cm³/mol. The molecule has 2 aromatic heterocycles. The molecule has 0 bridgehead atoms. The first-order valence-electron chi connectivity index (χ1n) is 13.3. The second-order valence-corrected chi connectivity index (χ2v) is 11.3. The SMILES string of the molecule is O=c1n(C[C@@H]2CCCN2CC2CCCCC2)nc2c(-c3ccc(Cl)cc3)c(-c3ccc(Cl)cc3)cnn12. The molecule has 6 rings (SSSR count). The van der Waals surface area contributed by atoms with Crippen LogP contribution in [0, 0.1) is 5.92 Å². The van der Waals surface area contributed by atoms with Crippen LogP contribution in [0.25, 0.3) is 27.9 Å². The molecule has 0 radical (unpaired) electrons. The molecule has 0 amide bonds. The highest BCUT2D eigenvalue weighted by molar-refractivity contribution is 6.31. The molecule has 1 saturated carbocycles. The number of benzene rings is 2. The van der Waals surface area contributed by atoms with Crippen LogP contribution in [0.2, 0.25) is 10.0 Å². The number of hydrogen-bond acceptors (Lipinski definition) is 4. The predicted octanol–water partition coefficient (Wildman–Crippen LogP) is 6.58. The molecule has 8 heteroatoms. The first-order chi connectivity index (χ1) is 18.1. The van der Waals surface area contributed by atoms with E-state index in [0.29, 0.717) is 28.3 Å². The third kappa shape index (κ3) is 5.07. The molecule has 2 aromatic carbocycles. The molecule has 3 heterocycles. The van der Waals surface area contributed by atoms with Gasteiger partial charge in [0.2, 0.25) is 0 Å². The minimum Gasteiger partial charge on any atom is -0.298 e. The number of nitrogens with zero attached hydrogens (tertiary/aromatic N) is 5. The van der Waals surface area contributed by atoms with Crippen molar-refractivity contribution < 1.29 is 0 Å². The fraction of sp³-hybridized carbons (Fsp3) is 0.414. The Kier molecular flexibility index (Phi) is 7.06. The summed E-state index contributed by atoms with van der Waals surface area (Å²) in [4.78, 5) is 16.1. The Hall–Kier alpha value is -2.67. The molecule has 0 spiro atoms. The van der Waals surface area contributed by atoms with E-state index in [0.717, 1.165) is 47.7 Å². The third-order valence-electron chi connectivity index (χ3n) is 8.00. The lowest BCUT2D eigenvalue weighted by atomic mass is 9.89. The molecule has 2 aliphatic rings. The molecule has 6 nitrogen and oxygen atoms in total. The Morgan fingerprint density at radius 1 is 0.811 bits per heavy atom. The number of halogens is 2. The van der Waals surface area contributed by atoms with Crippen LogP contribution >= 0.6 is 23.2 Å². The standard InChI is InChI=1S/C29H31Cl2N5O/c30-23-12-8-21(9-13-23)26-17-32-36-28(27(26)22-10-14-24(31)15-11-22)33-35(29(36)37)19-25-7-4-16-34(25)18-20-5-2-1-3-6-20/h8-15,17,20,25H,1-7,16,18-19H2/t25-/m0/s1. The van der Waals surface area contributed by atoms with Gasteiger partial charge in [0.1, 0.15) is 0 Å². The average Bonchev–Trinajstić information content (AvgIpc) is 3.49. The van der Waals surface area contributed by atoms with Crippen molar-refractivity contribution in [2.75, 3.05) is 13.1 Å². The Morgan fingerprint density at radius 2 is 1.49 bits per heavy atom. The van der Waals surface area contributed by atoms with Gasteiger partial charge < -0.3 is 0 Å². The smallest absolute Gasteiger partial charge is 0.298 e. The zero-order valence-corrected chi connectivity index (χ0v) is 22.3. The van der Waals surface area contributed by atoms with Crippen LogP contribution in [0.5, 0.6) is 0 Å². The summed E-state index contributed by atoms with van der Waals surface area (Å²) in [7, 11) is 0. The van der Waals surface area contributed by atoms with Gasteiger partial charge in [0, 0.05) is 33.8 Å². The molecule has 1 aliphatic carbocycles. The molecule has 192 valence electrons. The minimum absolute atomic E-state index is 0.197. The highest BCUT2D eigenvalue weighted by Gasteiger charge is 2.29. The molecule has 1 saturated heterocycles. The van der Waals surface area contributed by atoms with Gasteiger partial charge in [0.25, 0.3) is 0 Å². The van der Waals surface area contributed by atoms with Crippen LogP contribution in [-0.2, 0) is 6.54 Å². The van der Waals surface area contributed by atoms with Crippen molar-refractivity contribution in [3.8, 4) is 22.3 Å². The summed E-state index contributed by atoms with van der Waals surface area (Å²) in [6.45, 7) is 2.84. The molecular weight excluding hydrogens is 505 g/mol. The highest BCUT2D eigenvalue weighted by Crippen LogP contribution is 2.35. The van der Waals surface area contributed by atoms with Crippen molar-refractivity contribution in [1.82, 2.24) is 24.3 Å². The van der Waals surface area contributed by atoms with Crippen molar-refractivity contribution in [2.45, 2.75) is 57.5 Å². The number of fused-ring (bicyclic) bond motifs is 1. The van der Waals surface area contributed by atoms with Gasteiger partial charge in [-0.25, -0.2) is 9.48 Å². The van der Waals surface area contributed by atoms with Crippen molar-refractivity contribution in [3.63, 3.8) is 0 Å². The van der Waals surface area contributed by atoms with Gasteiger partial charge in [-0.2, -0.15) is 9.61 Å². The second-order valence-electron chi connectivity index (χ2n) is 10.4. The summed E-state index contributed by atoms with van der Waals surface area (Å²) in [5, 5.41) is 10.7. The molecule has 4 aromatic rings. The topological polar surface area (TPSA) is 55.4 Å². The normalized spacial score (nSPS) is 19.1. The van der Waals surface area contributed by atoms with Gasteiger partial charge in [-0.15, -0.1) is 5.10 Å². The number of likely N-dealkylation sites (tertiary alicyclic amines) is 1. The summed E-state index contributed by atoms with van der Waals surface area (Å²) >= 11 is 12.3. The fourth-order valence-electron chi connectivity index (χ4n) is 6.07. The van der Waals surface area contributed by atoms with Gasteiger partial charge in [-0.05, 0) is 73.5 Å². The lowest BCUT2D eigenvalue weighted by Gasteiger charge is -2.30. The molecular formula is C29H31Cl2N5O. The van der Waals surface area contributed by atoms with E-state index in [2.05, 4.69) is 10.00 Å². The zero-order chi connectivity index (χ0) is 25.4. The van der Waals surface area contributed by atoms with Crippen LogP contribution in [0.3, 0.4) is 0 Å². The zero-order valence-electron chi connectivity index (χ0n) is 20.8. The van der Waals surface area contributed by atoms with E-state index in [9.17, 15) is 4.79 Å². The van der Waals surface area contributed by atoms with Crippen LogP contribution in [-0.4, -0.2) is 43.4 Å². The maximum Gasteiger partial charge on any atom is 0.367 e. The van der Waals surface area contributed by atoms with Crippen LogP contribution < -0.4 is 5.69 Å². The lowest BCUT2D eigenvalue weighted by molar-refractivity contribution is 0.172. The van der Waals surface area contributed by atoms with Gasteiger partial charge in [0.15, 0.2) is 5.65 Å². The Balaban J connectivity index is 1.39. The minimum atomic E-state index is -0.197. The van der Waals surface area contributed by atoms with Crippen LogP contribution in [0.4, 0.5) is 0 Å². The maximum absolute atomic E-state index is 13.5. The van der Waals surface area contributed by atoms with E-state index in [1.807, 2.05) is 48.5 Å². The van der Waals surface area contributed by atoms with Gasteiger partial charge in [-0.3, -0.25) is 4.90 Å². The van der Waals surface area contributed by atoms with Crippen molar-refractivity contribution in [3.05, 3.63) is 75.3 Å². The van der Waals surface area contributed by atoms with E-state index >= 15 is 0 Å². The van der Waals surface area contributed by atoms with Gasteiger partial charge >= 0.3 is 5.69 Å². The Bertz CT molecular complexity index is 1440. The molecule has 1 aliphatic heterocycles. The quantitative estimate of drug-likeness (QED) is 0.280. The first kappa shape index (κ1) is 24.7. The fourth-order valence-corrected chi connectivity index (χ4v) is 6.32. The first-order valence-corrected chi connectivity index (χ1v) is 14.1. The summed E-state index contributed by atoms with van der Waals surface area (Å²) in [6.07, 6.45) is 10.8. The van der Waals surface area contributed by atoms with Crippen LogP contribution in [0.15, 0.2) is 59.5 Å². The van der Waals surface area contributed by atoms with Gasteiger partial charge in [0.05, 0.1) is 12.7 Å². The summed E-state index contributed by atoms with van der Waals surface area (Å²) in [6, 6.07) is 15.6. The number of hydrogen-bond donors (Lipinski definition) is 0. The second kappa shape index (κ2) is 10.6. The summed E-state index contributed by atoms with van der Waals surface area (Å²) in [5.74, 6) is 0.784. The largest absolute Gasteiger partial charge is 0.367 e. The number of rotatable bonds is 6. The Morgan fingerprint density at radius 3 is 2.19 bits per heavy atom. The number of aromatic nitrogens is 4. The third-order valence-corrected chi connectivity index (χ3v) is 8.51. The van der Waals surface area contributed by atoms with E-state index in [1.54, 1.807) is 10.9 Å². The maximum atomic E-state index is 13.5. The van der Waals surface area contributed by atoms with E-state index in [4.69, 9.17) is 28.3 Å². The molecule has 2 fully saturated rings. The molecule has 1 atom stereocenters. The van der Waals surface area contributed by atoms with Crippen molar-refractivity contribution in [1.29, 1.82) is 0 Å². The molecule has 0 unspecified atom stereocenters. The van der Waals surface area contributed by atoms with E-state index in [1.165, 1.54) is 43.0 Å². The van der Waals surface area contributed by atoms with Crippen molar-refractivity contribution in [2.24, 2.45) is 5.92 Å². The average molecular weight is 537 g/mol. The molecule has 0 N–H and O–H groups in total. The van der Waals surface area contributed by atoms with Gasteiger partial charge in [-0.1, -0.05) is 66.7 Å². The van der Waals surface area contributed by atoms with Crippen molar-refractivity contribution >= 4 is 28.8 Å². The Labute approximate surface area is 226 Å². The monoisotopic (exact) mass is 535 g/mol. The summed E-state index contributed by atoms with van der Waals surface area (Å²) in [5.41, 5.74) is 3.99.